The Morgan fingerprint density at radius 2 is 2.26 bits per heavy atom. The number of nitrogens with zero attached hydrogens (tertiary/aromatic N) is 1. The predicted molar refractivity (Wildman–Crippen MR) is 76.9 cm³/mol. The Bertz CT molecular complexity index is 477. The molecule has 0 spiro atoms. The highest BCUT2D eigenvalue weighted by atomic mass is 79.9. The maximum Gasteiger partial charge on any atom is 0.293 e. The van der Waals surface area contributed by atoms with E-state index in [4.69, 9.17) is 5.73 Å². The number of carbonyl (C=O) groups excluding carboxylic acids is 1. The Labute approximate surface area is 119 Å². The number of carbonyl (C=O) groups is 1. The minimum absolute atomic E-state index is 0.0508. The van der Waals surface area contributed by atoms with Gasteiger partial charge >= 0.3 is 0 Å². The van der Waals surface area contributed by atoms with Crippen LogP contribution >= 0.6 is 15.9 Å². The molecule has 1 atom stereocenters. The monoisotopic (exact) mass is 329 g/mol. The minimum atomic E-state index is -0.525. The van der Waals surface area contributed by atoms with Crippen molar-refractivity contribution in [3.05, 3.63) is 32.8 Å². The molecule has 1 aromatic carbocycles. The first-order chi connectivity index (χ1) is 8.90. The van der Waals surface area contributed by atoms with E-state index >= 15 is 0 Å². The summed E-state index contributed by atoms with van der Waals surface area (Å²) in [5.74, 6) is -0.244. The van der Waals surface area contributed by atoms with Crippen LogP contribution in [-0.4, -0.2) is 16.9 Å². The van der Waals surface area contributed by atoms with Gasteiger partial charge in [-0.1, -0.05) is 15.9 Å². The van der Waals surface area contributed by atoms with Crippen LogP contribution in [0.4, 0.5) is 11.4 Å². The van der Waals surface area contributed by atoms with Crippen molar-refractivity contribution in [2.45, 2.75) is 32.2 Å². The zero-order chi connectivity index (χ0) is 14.4. The Hall–Kier alpha value is -1.47. The molecule has 0 saturated heterocycles. The van der Waals surface area contributed by atoms with Crippen LogP contribution in [0.2, 0.25) is 0 Å². The van der Waals surface area contributed by atoms with Crippen LogP contribution in [-0.2, 0) is 4.79 Å². The zero-order valence-corrected chi connectivity index (χ0v) is 12.1. The first-order valence-electron chi connectivity index (χ1n) is 5.89. The minimum Gasteiger partial charge on any atom is -0.328 e. The van der Waals surface area contributed by atoms with Crippen molar-refractivity contribution < 1.29 is 9.72 Å². The summed E-state index contributed by atoms with van der Waals surface area (Å²) in [5.41, 5.74) is 5.66. The molecule has 19 heavy (non-hydrogen) atoms. The molecule has 1 unspecified atom stereocenters. The van der Waals surface area contributed by atoms with Crippen LogP contribution in [0, 0.1) is 10.1 Å². The van der Waals surface area contributed by atoms with Gasteiger partial charge in [0.15, 0.2) is 0 Å². The molecule has 7 heteroatoms. The SMILES string of the molecule is CC(N)CCCC(=O)Nc1ccc(Br)cc1[N+](=O)[O-]. The highest BCUT2D eigenvalue weighted by Gasteiger charge is 2.16. The number of hydrogen-bond donors (Lipinski definition) is 2. The van der Waals surface area contributed by atoms with E-state index in [1.807, 2.05) is 6.92 Å². The van der Waals surface area contributed by atoms with Crippen molar-refractivity contribution in [2.75, 3.05) is 5.32 Å². The summed E-state index contributed by atoms with van der Waals surface area (Å²) in [6, 6.07) is 4.56. The van der Waals surface area contributed by atoms with Crippen LogP contribution in [0.15, 0.2) is 22.7 Å². The molecule has 0 aliphatic rings. The van der Waals surface area contributed by atoms with E-state index in [-0.39, 0.29) is 23.3 Å². The number of rotatable bonds is 6. The van der Waals surface area contributed by atoms with Crippen molar-refractivity contribution in [3.8, 4) is 0 Å². The van der Waals surface area contributed by atoms with Crippen molar-refractivity contribution in [1.82, 2.24) is 0 Å². The van der Waals surface area contributed by atoms with Crippen LogP contribution in [0.1, 0.15) is 26.2 Å². The van der Waals surface area contributed by atoms with Crippen LogP contribution in [0.25, 0.3) is 0 Å². The molecule has 1 aromatic rings. The largest absolute Gasteiger partial charge is 0.328 e. The normalized spacial score (nSPS) is 11.9. The standard InChI is InChI=1S/C12H16BrN3O3/c1-8(14)3-2-4-12(17)15-10-6-5-9(13)7-11(10)16(18)19/h5-8H,2-4,14H2,1H3,(H,15,17). The van der Waals surface area contributed by atoms with Gasteiger partial charge < -0.3 is 11.1 Å². The number of amides is 1. The van der Waals surface area contributed by atoms with E-state index in [1.54, 1.807) is 6.07 Å². The molecular formula is C12H16BrN3O3. The molecule has 0 bridgehead atoms. The number of nitrogens with two attached hydrogens (primary N) is 1. The molecule has 0 heterocycles. The van der Waals surface area contributed by atoms with Gasteiger partial charge in [-0.25, -0.2) is 0 Å². The van der Waals surface area contributed by atoms with Gasteiger partial charge in [-0.15, -0.1) is 0 Å². The van der Waals surface area contributed by atoms with Gasteiger partial charge in [-0.3, -0.25) is 14.9 Å². The van der Waals surface area contributed by atoms with Gasteiger partial charge in [-0.05, 0) is 31.9 Å². The first kappa shape index (κ1) is 15.6. The second-order valence-electron chi connectivity index (χ2n) is 4.34. The predicted octanol–water partition coefficient (Wildman–Crippen LogP) is 2.81. The van der Waals surface area contributed by atoms with Gasteiger partial charge in [-0.2, -0.15) is 0 Å². The van der Waals surface area contributed by atoms with Gasteiger partial charge in [0, 0.05) is 23.0 Å². The number of nitro groups is 1. The van der Waals surface area contributed by atoms with E-state index < -0.39 is 4.92 Å². The lowest BCUT2D eigenvalue weighted by molar-refractivity contribution is -0.384. The third-order valence-electron chi connectivity index (χ3n) is 2.49. The second-order valence-corrected chi connectivity index (χ2v) is 5.25. The first-order valence-corrected chi connectivity index (χ1v) is 6.69. The molecule has 6 nitrogen and oxygen atoms in total. The highest BCUT2D eigenvalue weighted by Crippen LogP contribution is 2.28. The summed E-state index contributed by atoms with van der Waals surface area (Å²) in [6.45, 7) is 1.87. The van der Waals surface area contributed by atoms with Gasteiger partial charge in [0.2, 0.25) is 5.91 Å². The lowest BCUT2D eigenvalue weighted by atomic mass is 10.1. The van der Waals surface area contributed by atoms with E-state index in [0.717, 1.165) is 6.42 Å². The Balaban J connectivity index is 2.66. The van der Waals surface area contributed by atoms with Crippen LogP contribution < -0.4 is 11.1 Å². The molecule has 1 amide bonds. The average Bonchev–Trinajstić information content (AvgIpc) is 2.30. The average molecular weight is 330 g/mol. The Kier molecular flexibility index (Phi) is 5.91. The smallest absolute Gasteiger partial charge is 0.293 e. The van der Waals surface area contributed by atoms with E-state index in [1.165, 1.54) is 12.1 Å². The van der Waals surface area contributed by atoms with E-state index in [2.05, 4.69) is 21.2 Å². The summed E-state index contributed by atoms with van der Waals surface area (Å²) in [7, 11) is 0. The van der Waals surface area contributed by atoms with Crippen molar-refractivity contribution >= 4 is 33.2 Å². The lowest BCUT2D eigenvalue weighted by Crippen LogP contribution is -2.17. The number of benzene rings is 1. The Morgan fingerprint density at radius 3 is 2.84 bits per heavy atom. The molecule has 104 valence electrons. The molecule has 0 saturated carbocycles. The quantitative estimate of drug-likeness (QED) is 0.619. The summed E-state index contributed by atoms with van der Waals surface area (Å²) < 4.78 is 0.592. The van der Waals surface area contributed by atoms with Crippen molar-refractivity contribution in [1.29, 1.82) is 0 Å². The second kappa shape index (κ2) is 7.20. The van der Waals surface area contributed by atoms with Crippen molar-refractivity contribution in [2.24, 2.45) is 5.73 Å². The summed E-state index contributed by atoms with van der Waals surface area (Å²) in [5, 5.41) is 13.4. The van der Waals surface area contributed by atoms with E-state index in [0.29, 0.717) is 17.3 Å². The maximum atomic E-state index is 11.7. The topological polar surface area (TPSA) is 98.3 Å². The fourth-order valence-electron chi connectivity index (χ4n) is 1.56. The molecular weight excluding hydrogens is 314 g/mol. The van der Waals surface area contributed by atoms with Gasteiger partial charge in [0.1, 0.15) is 5.69 Å². The Morgan fingerprint density at radius 1 is 1.58 bits per heavy atom. The maximum absolute atomic E-state index is 11.7. The summed E-state index contributed by atoms with van der Waals surface area (Å²) >= 11 is 3.16. The summed E-state index contributed by atoms with van der Waals surface area (Å²) in [4.78, 5) is 22.0. The van der Waals surface area contributed by atoms with Crippen LogP contribution in [0.3, 0.4) is 0 Å². The number of halogens is 1. The van der Waals surface area contributed by atoms with Crippen LogP contribution in [0.5, 0.6) is 0 Å². The zero-order valence-electron chi connectivity index (χ0n) is 10.6. The number of nitrogens with one attached hydrogen (secondary N) is 1. The highest BCUT2D eigenvalue weighted by molar-refractivity contribution is 9.10. The van der Waals surface area contributed by atoms with Gasteiger partial charge in [0.05, 0.1) is 4.92 Å². The molecule has 0 aromatic heterocycles. The molecule has 3 N–H and O–H groups in total. The third-order valence-corrected chi connectivity index (χ3v) is 2.99. The molecule has 0 aliphatic heterocycles. The molecule has 0 radical (unpaired) electrons. The van der Waals surface area contributed by atoms with Gasteiger partial charge in [0.25, 0.3) is 5.69 Å². The summed E-state index contributed by atoms with van der Waals surface area (Å²) in [6.07, 6.45) is 1.71. The molecule has 0 fully saturated rings. The molecule has 1 rings (SSSR count). The number of hydrogen-bond acceptors (Lipinski definition) is 4. The fourth-order valence-corrected chi connectivity index (χ4v) is 1.91. The number of nitro benzene ring substituents is 1. The number of anilines is 1. The van der Waals surface area contributed by atoms with E-state index in [9.17, 15) is 14.9 Å². The molecule has 0 aliphatic carbocycles. The third kappa shape index (κ3) is 5.35. The fraction of sp³-hybridized carbons (Fsp3) is 0.417. The lowest BCUT2D eigenvalue weighted by Gasteiger charge is -2.07. The van der Waals surface area contributed by atoms with Crippen molar-refractivity contribution in [3.63, 3.8) is 0 Å².